The molecule has 1 fully saturated rings. The Morgan fingerprint density at radius 2 is 1.76 bits per heavy atom. The van der Waals surface area contributed by atoms with Crippen LogP contribution in [-0.2, 0) is 0 Å². The molecule has 0 atom stereocenters. The number of aldehydes is 1. The maximum absolute atomic E-state index is 10.8. The summed E-state index contributed by atoms with van der Waals surface area (Å²) in [6.07, 6.45) is 4.31. The molecule has 0 radical (unpaired) electrons. The number of ether oxygens (including phenoxy) is 3. The van der Waals surface area contributed by atoms with E-state index in [1.165, 1.54) is 6.42 Å². The van der Waals surface area contributed by atoms with Crippen molar-refractivity contribution in [2.45, 2.75) is 25.4 Å². The molecule has 1 aromatic rings. The van der Waals surface area contributed by atoms with Gasteiger partial charge in [0.25, 0.3) is 0 Å². The normalized spacial score (nSPS) is 14.9. The highest BCUT2D eigenvalue weighted by Gasteiger charge is 2.23. The first-order valence-electron chi connectivity index (χ1n) is 5.66. The van der Waals surface area contributed by atoms with Gasteiger partial charge in [-0.1, -0.05) is 0 Å². The lowest BCUT2D eigenvalue weighted by atomic mass is 9.96. The van der Waals surface area contributed by atoms with Gasteiger partial charge in [-0.2, -0.15) is 0 Å². The Bertz CT molecular complexity index is 385. The van der Waals surface area contributed by atoms with Crippen molar-refractivity contribution in [1.82, 2.24) is 0 Å². The van der Waals surface area contributed by atoms with Gasteiger partial charge in [0.1, 0.15) is 6.29 Å². The van der Waals surface area contributed by atoms with Crippen LogP contribution in [0.3, 0.4) is 0 Å². The summed E-state index contributed by atoms with van der Waals surface area (Å²) in [6.45, 7) is 0. The fourth-order valence-corrected chi connectivity index (χ4v) is 1.74. The summed E-state index contributed by atoms with van der Waals surface area (Å²) >= 11 is 0. The Morgan fingerprint density at radius 3 is 2.12 bits per heavy atom. The first kappa shape index (κ1) is 11.8. The SMILES string of the molecule is COc1cc(C=O)cc(OC)c1OC1CCC1. The van der Waals surface area contributed by atoms with Crippen molar-refractivity contribution in [3.63, 3.8) is 0 Å². The Balaban J connectivity index is 2.34. The van der Waals surface area contributed by atoms with Gasteiger partial charge in [0, 0.05) is 5.56 Å². The molecule has 1 aliphatic carbocycles. The third-order valence-corrected chi connectivity index (χ3v) is 2.96. The summed E-state index contributed by atoms with van der Waals surface area (Å²) in [5, 5.41) is 0. The maximum Gasteiger partial charge on any atom is 0.203 e. The summed E-state index contributed by atoms with van der Waals surface area (Å²) < 4.78 is 16.3. The van der Waals surface area contributed by atoms with E-state index in [-0.39, 0.29) is 6.10 Å². The molecule has 2 rings (SSSR count). The molecule has 4 heteroatoms. The molecule has 0 heterocycles. The van der Waals surface area contributed by atoms with E-state index in [1.807, 2.05) is 0 Å². The van der Waals surface area contributed by atoms with Gasteiger partial charge < -0.3 is 14.2 Å². The van der Waals surface area contributed by atoms with Crippen LogP contribution in [0.5, 0.6) is 17.2 Å². The number of hydrogen-bond donors (Lipinski definition) is 0. The lowest BCUT2D eigenvalue weighted by molar-refractivity contribution is 0.110. The molecular formula is C13H16O4. The van der Waals surface area contributed by atoms with Crippen molar-refractivity contribution in [3.8, 4) is 17.2 Å². The van der Waals surface area contributed by atoms with Crippen molar-refractivity contribution in [3.05, 3.63) is 17.7 Å². The minimum absolute atomic E-state index is 0.236. The van der Waals surface area contributed by atoms with Gasteiger partial charge in [-0.25, -0.2) is 0 Å². The van der Waals surface area contributed by atoms with E-state index in [1.54, 1.807) is 26.4 Å². The Morgan fingerprint density at radius 1 is 1.18 bits per heavy atom. The number of benzene rings is 1. The summed E-state index contributed by atoms with van der Waals surface area (Å²) in [6, 6.07) is 3.31. The first-order valence-corrected chi connectivity index (χ1v) is 5.66. The summed E-state index contributed by atoms with van der Waals surface area (Å²) in [5.41, 5.74) is 0.514. The third-order valence-electron chi connectivity index (χ3n) is 2.96. The number of carbonyl (C=O) groups is 1. The Labute approximate surface area is 100 Å². The fourth-order valence-electron chi connectivity index (χ4n) is 1.74. The second-order valence-electron chi connectivity index (χ2n) is 4.04. The van der Waals surface area contributed by atoms with Crippen molar-refractivity contribution < 1.29 is 19.0 Å². The summed E-state index contributed by atoms with van der Waals surface area (Å²) in [7, 11) is 3.11. The van der Waals surface area contributed by atoms with Gasteiger partial charge in [-0.05, 0) is 31.4 Å². The zero-order valence-electron chi connectivity index (χ0n) is 10.1. The Kier molecular flexibility index (Phi) is 3.52. The second kappa shape index (κ2) is 5.08. The molecule has 1 aromatic carbocycles. The van der Waals surface area contributed by atoms with Gasteiger partial charge in [-0.3, -0.25) is 4.79 Å². The van der Waals surface area contributed by atoms with Crippen molar-refractivity contribution in [2.75, 3.05) is 14.2 Å². The topological polar surface area (TPSA) is 44.8 Å². The van der Waals surface area contributed by atoms with Crippen molar-refractivity contribution >= 4 is 6.29 Å². The first-order chi connectivity index (χ1) is 8.28. The van der Waals surface area contributed by atoms with Crippen LogP contribution in [0.2, 0.25) is 0 Å². The molecular weight excluding hydrogens is 220 g/mol. The molecule has 4 nitrogen and oxygen atoms in total. The maximum atomic E-state index is 10.8. The average molecular weight is 236 g/mol. The molecule has 17 heavy (non-hydrogen) atoms. The highest BCUT2D eigenvalue weighted by Crippen LogP contribution is 2.40. The second-order valence-corrected chi connectivity index (χ2v) is 4.04. The zero-order chi connectivity index (χ0) is 12.3. The molecule has 92 valence electrons. The lowest BCUT2D eigenvalue weighted by Crippen LogP contribution is -2.25. The van der Waals surface area contributed by atoms with E-state index < -0.39 is 0 Å². The lowest BCUT2D eigenvalue weighted by Gasteiger charge is -2.28. The molecule has 0 saturated heterocycles. The molecule has 0 spiro atoms. The van der Waals surface area contributed by atoms with Crippen LogP contribution in [0.25, 0.3) is 0 Å². The van der Waals surface area contributed by atoms with Gasteiger partial charge in [-0.15, -0.1) is 0 Å². The van der Waals surface area contributed by atoms with E-state index in [0.29, 0.717) is 22.8 Å². The van der Waals surface area contributed by atoms with Gasteiger partial charge in [0.05, 0.1) is 20.3 Å². The van der Waals surface area contributed by atoms with Crippen LogP contribution in [0.4, 0.5) is 0 Å². The number of carbonyl (C=O) groups excluding carboxylic acids is 1. The largest absolute Gasteiger partial charge is 0.493 e. The monoisotopic (exact) mass is 236 g/mol. The molecule has 0 N–H and O–H groups in total. The molecule has 0 amide bonds. The average Bonchev–Trinajstić information content (AvgIpc) is 2.32. The van der Waals surface area contributed by atoms with Gasteiger partial charge in [0.2, 0.25) is 5.75 Å². The molecule has 1 aliphatic rings. The van der Waals surface area contributed by atoms with Crippen LogP contribution >= 0.6 is 0 Å². The van der Waals surface area contributed by atoms with Crippen LogP contribution in [0.15, 0.2) is 12.1 Å². The van der Waals surface area contributed by atoms with E-state index in [4.69, 9.17) is 14.2 Å². The number of hydrogen-bond acceptors (Lipinski definition) is 4. The standard InChI is InChI=1S/C13H16O4/c1-15-11-6-9(8-14)7-12(16-2)13(11)17-10-4-3-5-10/h6-8,10H,3-5H2,1-2H3. The highest BCUT2D eigenvalue weighted by molar-refractivity contribution is 5.78. The van der Waals surface area contributed by atoms with E-state index in [0.717, 1.165) is 19.1 Å². The quantitative estimate of drug-likeness (QED) is 0.736. The fraction of sp³-hybridized carbons (Fsp3) is 0.462. The van der Waals surface area contributed by atoms with Gasteiger partial charge in [0.15, 0.2) is 11.5 Å². The zero-order valence-corrected chi connectivity index (χ0v) is 10.1. The number of methoxy groups -OCH3 is 2. The van der Waals surface area contributed by atoms with Gasteiger partial charge >= 0.3 is 0 Å². The van der Waals surface area contributed by atoms with Crippen LogP contribution < -0.4 is 14.2 Å². The molecule has 0 bridgehead atoms. The van der Waals surface area contributed by atoms with Crippen LogP contribution in [0, 0.1) is 0 Å². The summed E-state index contributed by atoms with van der Waals surface area (Å²) in [5.74, 6) is 1.67. The predicted molar refractivity (Wildman–Crippen MR) is 63.2 cm³/mol. The molecule has 0 aromatic heterocycles. The minimum atomic E-state index is 0.236. The van der Waals surface area contributed by atoms with Crippen LogP contribution in [-0.4, -0.2) is 26.6 Å². The van der Waals surface area contributed by atoms with E-state index >= 15 is 0 Å². The van der Waals surface area contributed by atoms with E-state index in [2.05, 4.69) is 0 Å². The predicted octanol–water partition coefficient (Wildman–Crippen LogP) is 2.45. The van der Waals surface area contributed by atoms with Crippen LogP contribution in [0.1, 0.15) is 29.6 Å². The highest BCUT2D eigenvalue weighted by atomic mass is 16.5. The molecule has 0 aliphatic heterocycles. The smallest absolute Gasteiger partial charge is 0.203 e. The summed E-state index contributed by atoms with van der Waals surface area (Å²) in [4.78, 5) is 10.8. The molecule has 0 unspecified atom stereocenters. The van der Waals surface area contributed by atoms with Crippen molar-refractivity contribution in [1.29, 1.82) is 0 Å². The Hall–Kier alpha value is -1.71. The number of rotatable bonds is 5. The molecule has 1 saturated carbocycles. The van der Waals surface area contributed by atoms with E-state index in [9.17, 15) is 4.79 Å². The van der Waals surface area contributed by atoms with Crippen molar-refractivity contribution in [2.24, 2.45) is 0 Å². The third kappa shape index (κ3) is 2.35. The minimum Gasteiger partial charge on any atom is -0.493 e.